The number of nitrogens with zero attached hydrogens (tertiary/aromatic N) is 8. The van der Waals surface area contributed by atoms with Gasteiger partial charge in [0.05, 0.1) is 27.8 Å². The van der Waals surface area contributed by atoms with E-state index in [1.54, 1.807) is 0 Å². The molecule has 4 aromatic heterocycles. The summed E-state index contributed by atoms with van der Waals surface area (Å²) >= 11 is 0. The van der Waals surface area contributed by atoms with Gasteiger partial charge in [-0.2, -0.15) is 0 Å². The predicted molar refractivity (Wildman–Crippen MR) is 490 cm³/mol. The van der Waals surface area contributed by atoms with Gasteiger partial charge >= 0.3 is 0 Å². The van der Waals surface area contributed by atoms with Crippen LogP contribution in [0.2, 0.25) is 0 Å². The first-order valence-corrected chi connectivity index (χ1v) is 40.2. The van der Waals surface area contributed by atoms with E-state index in [9.17, 15) is 0 Å². The Morgan fingerprint density at radius 1 is 0.161 bits per heavy atom. The summed E-state index contributed by atoms with van der Waals surface area (Å²) in [4.78, 5) is 30.4. The van der Waals surface area contributed by atoms with Gasteiger partial charge in [0.1, 0.15) is 0 Å². The Labute approximate surface area is 676 Å². The van der Waals surface area contributed by atoms with Crippen LogP contribution in [-0.4, -0.2) is 39.0 Å². The summed E-state index contributed by atoms with van der Waals surface area (Å²) in [5.74, 6) is 3.88. The third-order valence-corrected chi connectivity index (χ3v) is 24.7. The molecule has 24 aromatic rings. The lowest BCUT2D eigenvalue weighted by atomic mass is 9.84. The Morgan fingerprint density at radius 2 is 0.483 bits per heavy atom. The molecule has 2 aliphatic rings. The SMILES string of the molecule is c1ccc(-c2nc(-c3ccc(-n4c5cccc6c5c5c7c(cccc7ccc54)-c4c-6c5ccccc5c5ccccc45)cc3)nc(-c3ccc4ccccc4c3)n2)cc1.c1ccc(-c2nc(-c3ccccc3)nc(-c3ccc(-n4c5cccc6c5c5c7c(cccc7ccc54)-c4c-6c5ccccc5c5ccccc45)c4ccccc34)n2)cc1. The zero-order valence-corrected chi connectivity index (χ0v) is 63.5. The first-order valence-electron chi connectivity index (χ1n) is 40.2. The molecule has 0 amide bonds. The van der Waals surface area contributed by atoms with Crippen molar-refractivity contribution in [3.8, 4) is 124 Å². The normalized spacial score (nSPS) is 12.1. The third-order valence-electron chi connectivity index (χ3n) is 24.7. The van der Waals surface area contributed by atoms with Crippen LogP contribution in [0.5, 0.6) is 0 Å². The number of hydrogen-bond acceptors (Lipinski definition) is 6. The van der Waals surface area contributed by atoms with E-state index in [2.05, 4.69) is 343 Å². The number of aromatic nitrogens is 8. The van der Waals surface area contributed by atoms with Crippen molar-refractivity contribution >= 4 is 130 Å². The monoisotopic (exact) mass is 1500 g/mol. The van der Waals surface area contributed by atoms with Crippen LogP contribution in [0.1, 0.15) is 0 Å². The van der Waals surface area contributed by atoms with Crippen LogP contribution in [0, 0.1) is 0 Å². The second-order valence-electron chi connectivity index (χ2n) is 31.0. The minimum absolute atomic E-state index is 0.638. The van der Waals surface area contributed by atoms with Crippen molar-refractivity contribution in [2.24, 2.45) is 0 Å². The van der Waals surface area contributed by atoms with Gasteiger partial charge in [-0.25, -0.2) is 29.9 Å². The van der Waals surface area contributed by atoms with Gasteiger partial charge in [0.15, 0.2) is 34.9 Å². The van der Waals surface area contributed by atoms with E-state index in [4.69, 9.17) is 29.9 Å². The van der Waals surface area contributed by atoms with Crippen molar-refractivity contribution in [2.45, 2.75) is 0 Å². The summed E-state index contributed by atoms with van der Waals surface area (Å²) in [6, 6.07) is 139. The molecule has 0 atom stereocenters. The van der Waals surface area contributed by atoms with Crippen LogP contribution in [0.15, 0.2) is 388 Å². The standard InChI is InChI=1S/2C55H32N4/c1-3-15-34(16-4-1)53-56-54(35-17-5-2-6-18-35)58-55(57-53)42-30-32-45(39-23-10-7-22-38(39)42)59-46-28-14-27-44-50-41-25-12-9-21-37(41)36-20-8-11-24-40(36)49(50)43-26-13-19-33-29-31-47(59)52(48(33)43)51(44)46;1-2-13-35(14-3-1)53-56-54(58-55(57-53)38-25-24-33-12-4-5-15-37(33)32-38)36-26-29-39(30-27-36)59-46-23-11-22-45-50-43-20-9-7-18-41(43)40-17-6-8-19-42(40)49(50)44-21-10-16-34-28-31-47(59)52(48(34)44)51(45)46/h2*1-32H. The third kappa shape index (κ3) is 9.84. The Bertz CT molecular complexity index is 8360. The van der Waals surface area contributed by atoms with Gasteiger partial charge in [0.2, 0.25) is 0 Å². The molecule has 0 aliphatic heterocycles. The van der Waals surface area contributed by atoms with Crippen molar-refractivity contribution in [2.75, 3.05) is 0 Å². The molecule has 0 bridgehead atoms. The smallest absolute Gasteiger partial charge is 0.164 e. The second kappa shape index (κ2) is 25.8. The van der Waals surface area contributed by atoms with Crippen molar-refractivity contribution in [1.29, 1.82) is 0 Å². The van der Waals surface area contributed by atoms with Crippen LogP contribution in [0.3, 0.4) is 0 Å². The van der Waals surface area contributed by atoms with Gasteiger partial charge in [0, 0.05) is 66.0 Å². The molecular weight excluding hydrogens is 1430 g/mol. The number of hydrogen-bond donors (Lipinski definition) is 0. The molecule has 4 heterocycles. The van der Waals surface area contributed by atoms with Crippen LogP contribution in [-0.2, 0) is 0 Å². The van der Waals surface area contributed by atoms with Crippen LogP contribution in [0.25, 0.3) is 254 Å². The molecule has 8 heteroatoms. The van der Waals surface area contributed by atoms with E-state index >= 15 is 0 Å². The summed E-state index contributed by atoms with van der Waals surface area (Å²) in [5.41, 5.74) is 22.9. The number of fused-ring (bicyclic) bond motifs is 18. The highest BCUT2D eigenvalue weighted by Gasteiger charge is 2.32. The van der Waals surface area contributed by atoms with Crippen molar-refractivity contribution in [1.82, 2.24) is 39.0 Å². The van der Waals surface area contributed by atoms with E-state index in [0.717, 1.165) is 60.9 Å². The average Bonchev–Trinajstić information content (AvgIpc) is 1.53. The molecule has 0 radical (unpaired) electrons. The highest BCUT2D eigenvalue weighted by atomic mass is 15.1. The first kappa shape index (κ1) is 65.6. The topological polar surface area (TPSA) is 87.2 Å². The second-order valence-corrected chi connectivity index (χ2v) is 31.0. The lowest BCUT2D eigenvalue weighted by Gasteiger charge is -2.19. The van der Waals surface area contributed by atoms with Crippen molar-refractivity contribution in [3.05, 3.63) is 388 Å². The van der Waals surface area contributed by atoms with Gasteiger partial charge in [-0.3, -0.25) is 0 Å². The summed E-state index contributed by atoms with van der Waals surface area (Å²) in [6.07, 6.45) is 0. The molecule has 0 fully saturated rings. The fourth-order valence-electron chi connectivity index (χ4n) is 19.7. The highest BCUT2D eigenvalue weighted by molar-refractivity contribution is 6.38. The number of rotatable bonds is 8. The van der Waals surface area contributed by atoms with Gasteiger partial charge < -0.3 is 9.13 Å². The minimum Gasteiger partial charge on any atom is -0.309 e. The zero-order valence-electron chi connectivity index (χ0n) is 63.5. The molecule has 0 saturated heterocycles. The maximum Gasteiger partial charge on any atom is 0.164 e. The summed E-state index contributed by atoms with van der Waals surface area (Å²) in [5, 5.41) is 25.0. The van der Waals surface area contributed by atoms with Crippen molar-refractivity contribution < 1.29 is 0 Å². The van der Waals surface area contributed by atoms with E-state index in [-0.39, 0.29) is 0 Å². The van der Waals surface area contributed by atoms with E-state index in [0.29, 0.717) is 34.9 Å². The lowest BCUT2D eigenvalue weighted by molar-refractivity contribution is 1.07. The Hall–Kier alpha value is -15.9. The van der Waals surface area contributed by atoms with Crippen molar-refractivity contribution in [3.63, 3.8) is 0 Å². The molecule has 118 heavy (non-hydrogen) atoms. The number of benzene rings is 20. The molecule has 8 nitrogen and oxygen atoms in total. The van der Waals surface area contributed by atoms with Crippen LogP contribution in [0.4, 0.5) is 0 Å². The Morgan fingerprint density at radius 3 is 0.949 bits per heavy atom. The molecule has 0 spiro atoms. The molecule has 2 aliphatic carbocycles. The van der Waals surface area contributed by atoms with E-state index in [1.807, 2.05) is 54.6 Å². The molecule has 20 aromatic carbocycles. The van der Waals surface area contributed by atoms with Gasteiger partial charge in [-0.15, -0.1) is 0 Å². The highest BCUT2D eigenvalue weighted by Crippen LogP contribution is 2.57. The Kier molecular flexibility index (Phi) is 14.4. The molecule has 0 N–H and O–H groups in total. The Balaban J connectivity index is 0.000000131. The minimum atomic E-state index is 0.638. The zero-order chi connectivity index (χ0) is 77.2. The quantitative estimate of drug-likeness (QED) is 0.141. The maximum atomic E-state index is 5.14. The van der Waals surface area contributed by atoms with Crippen LogP contribution >= 0.6 is 0 Å². The van der Waals surface area contributed by atoms with Gasteiger partial charge in [-0.1, -0.05) is 322 Å². The largest absolute Gasteiger partial charge is 0.309 e. The van der Waals surface area contributed by atoms with Gasteiger partial charge in [0.25, 0.3) is 0 Å². The average molecular weight is 1500 g/mol. The summed E-state index contributed by atoms with van der Waals surface area (Å²) in [7, 11) is 0. The predicted octanol–water partition coefficient (Wildman–Crippen LogP) is 28.5. The molecule has 26 rings (SSSR count). The first-order chi connectivity index (χ1) is 58.6. The summed E-state index contributed by atoms with van der Waals surface area (Å²) in [6.45, 7) is 0. The molecule has 0 saturated carbocycles. The van der Waals surface area contributed by atoms with E-state index in [1.165, 1.54) is 158 Å². The maximum absolute atomic E-state index is 5.14. The van der Waals surface area contributed by atoms with E-state index < -0.39 is 0 Å². The lowest BCUT2D eigenvalue weighted by Crippen LogP contribution is -2.02. The fourth-order valence-corrected chi connectivity index (χ4v) is 19.7. The van der Waals surface area contributed by atoms with Gasteiger partial charge in [-0.05, 0) is 192 Å². The van der Waals surface area contributed by atoms with Crippen LogP contribution < -0.4 is 0 Å². The summed E-state index contributed by atoms with van der Waals surface area (Å²) < 4.78 is 4.93. The fraction of sp³-hybridized carbons (Fsp3) is 0. The molecule has 544 valence electrons. The molecule has 0 unspecified atom stereocenters. The molecular formula is C110H64N8.